The van der Waals surface area contributed by atoms with Crippen LogP contribution in [0.15, 0.2) is 30.9 Å². The number of hydrogen-bond donors (Lipinski definition) is 0. The Morgan fingerprint density at radius 3 is 2.94 bits per heavy atom. The molecule has 0 bridgehead atoms. The second-order valence-electron chi connectivity index (χ2n) is 3.53. The minimum Gasteiger partial charge on any atom is -0.330 e. The van der Waals surface area contributed by atoms with E-state index < -0.39 is 4.92 Å². The van der Waals surface area contributed by atoms with Crippen molar-refractivity contribution in [1.29, 1.82) is 0 Å². The Morgan fingerprint density at radius 2 is 2.31 bits per heavy atom. The normalized spacial score (nSPS) is 13.8. The molecule has 0 aliphatic carbocycles. The van der Waals surface area contributed by atoms with E-state index in [0.717, 1.165) is 0 Å². The number of rotatable bonds is 3. The summed E-state index contributed by atoms with van der Waals surface area (Å²) in [7, 11) is 0. The van der Waals surface area contributed by atoms with Crippen molar-refractivity contribution in [1.82, 2.24) is 4.90 Å². The summed E-state index contributed by atoms with van der Waals surface area (Å²) in [5, 5.41) is 10.8. The quantitative estimate of drug-likeness (QED) is 0.441. The first kappa shape index (κ1) is 10.4. The Kier molecular flexibility index (Phi) is 2.44. The predicted octanol–water partition coefficient (Wildman–Crippen LogP) is 1.74. The van der Waals surface area contributed by atoms with E-state index in [-0.39, 0.29) is 18.1 Å². The molecule has 5 heteroatoms. The molecule has 1 aliphatic rings. The monoisotopic (exact) mass is 218 g/mol. The first-order chi connectivity index (χ1) is 7.65. The first-order valence-corrected chi connectivity index (χ1v) is 4.81. The summed E-state index contributed by atoms with van der Waals surface area (Å²) in [6.07, 6.45) is 1.61. The van der Waals surface area contributed by atoms with Crippen molar-refractivity contribution in [3.05, 3.63) is 52.1 Å². The van der Waals surface area contributed by atoms with Crippen molar-refractivity contribution in [3.63, 3.8) is 0 Å². The molecule has 0 saturated heterocycles. The van der Waals surface area contributed by atoms with E-state index in [1.54, 1.807) is 12.1 Å². The van der Waals surface area contributed by atoms with Gasteiger partial charge >= 0.3 is 0 Å². The highest BCUT2D eigenvalue weighted by Gasteiger charge is 2.32. The Bertz CT molecular complexity index is 482. The molecule has 0 N–H and O–H groups in total. The van der Waals surface area contributed by atoms with Crippen LogP contribution in [0.3, 0.4) is 0 Å². The fraction of sp³-hybridized carbons (Fsp3) is 0.182. The molecule has 0 aromatic heterocycles. The Labute approximate surface area is 92.1 Å². The highest BCUT2D eigenvalue weighted by atomic mass is 16.6. The van der Waals surface area contributed by atoms with Gasteiger partial charge in [0.05, 0.1) is 22.6 Å². The van der Waals surface area contributed by atoms with Gasteiger partial charge in [0.15, 0.2) is 0 Å². The smallest absolute Gasteiger partial charge is 0.275 e. The minimum atomic E-state index is -0.455. The lowest BCUT2D eigenvalue weighted by Gasteiger charge is -2.11. The first-order valence-electron chi connectivity index (χ1n) is 4.81. The zero-order chi connectivity index (χ0) is 11.7. The van der Waals surface area contributed by atoms with E-state index in [2.05, 4.69) is 6.58 Å². The van der Waals surface area contributed by atoms with Gasteiger partial charge in [-0.3, -0.25) is 14.9 Å². The van der Waals surface area contributed by atoms with Gasteiger partial charge in [0, 0.05) is 12.6 Å². The van der Waals surface area contributed by atoms with Crippen LogP contribution in [0.25, 0.3) is 0 Å². The molecule has 1 aliphatic heterocycles. The van der Waals surface area contributed by atoms with E-state index in [1.807, 2.05) is 0 Å². The van der Waals surface area contributed by atoms with Gasteiger partial charge in [-0.2, -0.15) is 0 Å². The number of fused-ring (bicyclic) bond motifs is 1. The maximum atomic E-state index is 11.8. The molecular formula is C11H10N2O3. The average Bonchev–Trinajstić information content (AvgIpc) is 2.57. The van der Waals surface area contributed by atoms with Crippen LogP contribution >= 0.6 is 0 Å². The van der Waals surface area contributed by atoms with E-state index in [0.29, 0.717) is 17.7 Å². The number of carbonyl (C=O) groups excluding carboxylic acids is 1. The lowest BCUT2D eigenvalue weighted by atomic mass is 10.1. The molecule has 0 fully saturated rings. The van der Waals surface area contributed by atoms with Gasteiger partial charge in [-0.1, -0.05) is 12.1 Å². The summed E-state index contributed by atoms with van der Waals surface area (Å²) >= 11 is 0. The van der Waals surface area contributed by atoms with E-state index in [4.69, 9.17) is 0 Å². The zero-order valence-electron chi connectivity index (χ0n) is 8.55. The molecular weight excluding hydrogens is 208 g/mol. The molecule has 2 rings (SSSR count). The summed E-state index contributed by atoms with van der Waals surface area (Å²) < 4.78 is 0. The number of nitro benzene ring substituents is 1. The lowest BCUT2D eigenvalue weighted by molar-refractivity contribution is -0.385. The van der Waals surface area contributed by atoms with Gasteiger partial charge in [0.25, 0.3) is 11.6 Å². The third kappa shape index (κ3) is 1.46. The van der Waals surface area contributed by atoms with Crippen molar-refractivity contribution in [2.45, 2.75) is 6.54 Å². The van der Waals surface area contributed by atoms with Crippen molar-refractivity contribution in [3.8, 4) is 0 Å². The van der Waals surface area contributed by atoms with Crippen molar-refractivity contribution < 1.29 is 9.72 Å². The number of carbonyl (C=O) groups is 1. The lowest BCUT2D eigenvalue weighted by Crippen LogP contribution is -2.23. The van der Waals surface area contributed by atoms with Gasteiger partial charge in [-0.05, 0) is 6.07 Å². The number of nitro groups is 1. The average molecular weight is 218 g/mol. The minimum absolute atomic E-state index is 0.0115. The fourth-order valence-corrected chi connectivity index (χ4v) is 1.85. The van der Waals surface area contributed by atoms with Crippen LogP contribution in [-0.4, -0.2) is 22.3 Å². The second-order valence-corrected chi connectivity index (χ2v) is 3.53. The van der Waals surface area contributed by atoms with Crippen LogP contribution in [0, 0.1) is 10.1 Å². The topological polar surface area (TPSA) is 63.4 Å². The molecule has 1 amide bonds. The molecule has 82 valence electrons. The van der Waals surface area contributed by atoms with Crippen LogP contribution in [0.5, 0.6) is 0 Å². The van der Waals surface area contributed by atoms with Gasteiger partial charge in [0.2, 0.25) is 0 Å². The van der Waals surface area contributed by atoms with Crippen LogP contribution in [-0.2, 0) is 6.54 Å². The van der Waals surface area contributed by atoms with E-state index in [1.165, 1.54) is 17.0 Å². The number of benzene rings is 1. The number of amides is 1. The second kappa shape index (κ2) is 3.77. The number of hydrogen-bond acceptors (Lipinski definition) is 3. The van der Waals surface area contributed by atoms with E-state index in [9.17, 15) is 14.9 Å². The number of nitrogens with zero attached hydrogens (tertiary/aromatic N) is 2. The summed E-state index contributed by atoms with van der Waals surface area (Å²) in [5.41, 5.74) is 0.938. The SMILES string of the molecule is C=CCN1Cc2c(cccc2[N+](=O)[O-])C1=O. The predicted molar refractivity (Wildman–Crippen MR) is 58.0 cm³/mol. The summed E-state index contributed by atoms with van der Waals surface area (Å²) in [4.78, 5) is 23.7. The van der Waals surface area contributed by atoms with Crippen molar-refractivity contribution >= 4 is 11.6 Å². The maximum Gasteiger partial charge on any atom is 0.275 e. The Hall–Kier alpha value is -2.17. The Balaban J connectivity index is 2.46. The van der Waals surface area contributed by atoms with Gasteiger partial charge in [-0.25, -0.2) is 0 Å². The van der Waals surface area contributed by atoms with Crippen molar-refractivity contribution in [2.75, 3.05) is 6.54 Å². The van der Waals surface area contributed by atoms with Gasteiger partial charge < -0.3 is 4.90 Å². The summed E-state index contributed by atoms with van der Waals surface area (Å²) in [6, 6.07) is 4.57. The van der Waals surface area contributed by atoms with Crippen LogP contribution in [0.1, 0.15) is 15.9 Å². The van der Waals surface area contributed by atoms with Gasteiger partial charge in [0.1, 0.15) is 0 Å². The Morgan fingerprint density at radius 1 is 1.56 bits per heavy atom. The molecule has 0 atom stereocenters. The molecule has 1 aromatic carbocycles. The van der Waals surface area contributed by atoms with Crippen molar-refractivity contribution in [2.24, 2.45) is 0 Å². The highest BCUT2D eigenvalue weighted by Crippen LogP contribution is 2.30. The van der Waals surface area contributed by atoms with Gasteiger partial charge in [-0.15, -0.1) is 6.58 Å². The van der Waals surface area contributed by atoms with Crippen LogP contribution in [0.2, 0.25) is 0 Å². The molecule has 1 aromatic rings. The highest BCUT2D eigenvalue weighted by molar-refractivity contribution is 5.99. The molecule has 16 heavy (non-hydrogen) atoms. The third-order valence-corrected chi connectivity index (χ3v) is 2.56. The van der Waals surface area contributed by atoms with Crippen LogP contribution in [0.4, 0.5) is 5.69 Å². The standard InChI is InChI=1S/C11H10N2O3/c1-2-6-12-7-9-8(11(12)14)4-3-5-10(9)13(15)16/h2-5H,1,6-7H2. The maximum absolute atomic E-state index is 11.8. The molecule has 0 radical (unpaired) electrons. The fourth-order valence-electron chi connectivity index (χ4n) is 1.85. The summed E-state index contributed by atoms with van der Waals surface area (Å²) in [6.45, 7) is 4.25. The molecule has 0 saturated carbocycles. The zero-order valence-corrected chi connectivity index (χ0v) is 8.55. The van der Waals surface area contributed by atoms with E-state index >= 15 is 0 Å². The van der Waals surface area contributed by atoms with Crippen LogP contribution < -0.4 is 0 Å². The summed E-state index contributed by atoms with van der Waals surface area (Å²) in [5.74, 6) is -0.168. The molecule has 0 unspecified atom stereocenters. The molecule has 0 spiro atoms. The molecule has 5 nitrogen and oxygen atoms in total. The largest absolute Gasteiger partial charge is 0.330 e. The third-order valence-electron chi connectivity index (χ3n) is 2.56. The molecule has 1 heterocycles.